The molecular formula is C13H19FN2O3. The first-order chi connectivity index (χ1) is 8.99. The van der Waals surface area contributed by atoms with Crippen LogP contribution in [-0.2, 0) is 0 Å². The molecule has 0 aliphatic heterocycles. The van der Waals surface area contributed by atoms with Gasteiger partial charge in [-0.3, -0.25) is 0 Å². The number of aromatic carboxylic acids is 1. The maximum absolute atomic E-state index is 13.5. The minimum atomic E-state index is -1.35. The van der Waals surface area contributed by atoms with Gasteiger partial charge >= 0.3 is 5.97 Å². The summed E-state index contributed by atoms with van der Waals surface area (Å²) in [5, 5.41) is 8.75. The molecule has 5 nitrogen and oxygen atoms in total. The Balaban J connectivity index is 2.69. The minimum Gasteiger partial charge on any atom is -0.490 e. The summed E-state index contributed by atoms with van der Waals surface area (Å²) >= 11 is 0. The van der Waals surface area contributed by atoms with E-state index in [9.17, 15) is 9.18 Å². The number of anilines is 1. The first-order valence-electron chi connectivity index (χ1n) is 6.17. The molecule has 0 atom stereocenters. The largest absolute Gasteiger partial charge is 0.490 e. The number of ether oxygens (including phenoxy) is 1. The molecule has 0 saturated carbocycles. The van der Waals surface area contributed by atoms with Crippen LogP contribution in [0.4, 0.5) is 10.1 Å². The van der Waals surface area contributed by atoms with Crippen molar-refractivity contribution in [2.24, 2.45) is 0 Å². The van der Waals surface area contributed by atoms with Gasteiger partial charge in [0.2, 0.25) is 0 Å². The summed E-state index contributed by atoms with van der Waals surface area (Å²) in [5.74, 6) is -2.02. The lowest BCUT2D eigenvalue weighted by molar-refractivity contribution is 0.0692. The summed E-state index contributed by atoms with van der Waals surface area (Å²) in [6.45, 7) is 6.97. The number of carbonyl (C=O) groups is 1. The SMILES string of the molecule is CCN(CC)CCOc1cc(F)c(C(=O)O)cc1N. The Labute approximate surface area is 111 Å². The number of hydrogen-bond donors (Lipinski definition) is 2. The van der Waals surface area contributed by atoms with E-state index in [4.69, 9.17) is 15.6 Å². The van der Waals surface area contributed by atoms with Crippen LogP contribution in [0, 0.1) is 5.82 Å². The molecule has 6 heteroatoms. The quantitative estimate of drug-likeness (QED) is 0.739. The molecule has 3 N–H and O–H groups in total. The third-order valence-corrected chi connectivity index (χ3v) is 2.89. The fourth-order valence-corrected chi connectivity index (χ4v) is 1.69. The lowest BCUT2D eigenvalue weighted by Crippen LogP contribution is -2.28. The highest BCUT2D eigenvalue weighted by Gasteiger charge is 2.14. The molecule has 1 rings (SSSR count). The molecule has 0 heterocycles. The van der Waals surface area contributed by atoms with Crippen molar-refractivity contribution in [2.45, 2.75) is 13.8 Å². The van der Waals surface area contributed by atoms with Crippen LogP contribution in [0.25, 0.3) is 0 Å². The number of benzene rings is 1. The summed E-state index contributed by atoms with van der Waals surface area (Å²) in [6, 6.07) is 2.09. The van der Waals surface area contributed by atoms with Crippen LogP contribution in [0.2, 0.25) is 0 Å². The predicted molar refractivity (Wildman–Crippen MR) is 71.1 cm³/mol. The third-order valence-electron chi connectivity index (χ3n) is 2.89. The Bertz CT molecular complexity index is 448. The van der Waals surface area contributed by atoms with Crippen molar-refractivity contribution in [2.75, 3.05) is 32.0 Å². The van der Waals surface area contributed by atoms with Crippen LogP contribution < -0.4 is 10.5 Å². The highest BCUT2D eigenvalue weighted by molar-refractivity contribution is 5.89. The van der Waals surface area contributed by atoms with E-state index in [0.717, 1.165) is 25.2 Å². The van der Waals surface area contributed by atoms with Crippen LogP contribution in [0.15, 0.2) is 12.1 Å². The van der Waals surface area contributed by atoms with Crippen LogP contribution in [0.5, 0.6) is 5.75 Å². The van der Waals surface area contributed by atoms with Gasteiger partial charge in [0.1, 0.15) is 18.2 Å². The molecule has 0 aliphatic carbocycles. The molecule has 106 valence electrons. The van der Waals surface area contributed by atoms with Crippen LogP contribution >= 0.6 is 0 Å². The van der Waals surface area contributed by atoms with E-state index >= 15 is 0 Å². The average Bonchev–Trinajstić information content (AvgIpc) is 2.37. The maximum atomic E-state index is 13.5. The Morgan fingerprint density at radius 2 is 2.05 bits per heavy atom. The monoisotopic (exact) mass is 270 g/mol. The van der Waals surface area contributed by atoms with Gasteiger partial charge in [-0.15, -0.1) is 0 Å². The summed E-state index contributed by atoms with van der Waals surface area (Å²) in [7, 11) is 0. The van der Waals surface area contributed by atoms with E-state index in [-0.39, 0.29) is 11.4 Å². The number of hydrogen-bond acceptors (Lipinski definition) is 4. The molecule has 0 aromatic heterocycles. The number of nitrogens with zero attached hydrogens (tertiary/aromatic N) is 1. The van der Waals surface area contributed by atoms with E-state index in [1.807, 2.05) is 13.8 Å². The number of rotatable bonds is 7. The lowest BCUT2D eigenvalue weighted by atomic mass is 10.2. The Hall–Kier alpha value is -1.82. The minimum absolute atomic E-state index is 0.123. The van der Waals surface area contributed by atoms with Crippen LogP contribution in [0.1, 0.15) is 24.2 Å². The highest BCUT2D eigenvalue weighted by atomic mass is 19.1. The molecule has 1 aromatic carbocycles. The average molecular weight is 270 g/mol. The standard InChI is InChI=1S/C13H19FN2O3/c1-3-16(4-2)5-6-19-12-8-10(14)9(13(17)18)7-11(12)15/h7-8H,3-6,15H2,1-2H3,(H,17,18). The smallest absolute Gasteiger partial charge is 0.338 e. The van der Waals surface area contributed by atoms with E-state index in [1.54, 1.807) is 0 Å². The Morgan fingerprint density at radius 3 is 2.58 bits per heavy atom. The van der Waals surface area contributed by atoms with Crippen molar-refractivity contribution in [1.82, 2.24) is 4.90 Å². The van der Waals surface area contributed by atoms with E-state index < -0.39 is 17.3 Å². The highest BCUT2D eigenvalue weighted by Crippen LogP contribution is 2.25. The molecule has 0 fully saturated rings. The van der Waals surface area contributed by atoms with Crippen LogP contribution in [-0.4, -0.2) is 42.2 Å². The second-order valence-electron chi connectivity index (χ2n) is 4.05. The zero-order valence-corrected chi connectivity index (χ0v) is 11.1. The van der Waals surface area contributed by atoms with E-state index in [0.29, 0.717) is 13.2 Å². The third kappa shape index (κ3) is 4.10. The number of carboxylic acids is 1. The van der Waals surface area contributed by atoms with Crippen molar-refractivity contribution >= 4 is 11.7 Å². The number of nitrogens with two attached hydrogens (primary N) is 1. The second kappa shape index (κ2) is 6.94. The van der Waals surface area contributed by atoms with Crippen molar-refractivity contribution in [3.63, 3.8) is 0 Å². The van der Waals surface area contributed by atoms with Crippen molar-refractivity contribution in [3.05, 3.63) is 23.5 Å². The van der Waals surface area contributed by atoms with E-state index in [1.165, 1.54) is 0 Å². The van der Waals surface area contributed by atoms with Gasteiger partial charge in [-0.25, -0.2) is 9.18 Å². The summed E-state index contributed by atoms with van der Waals surface area (Å²) in [6.07, 6.45) is 0. The fraction of sp³-hybridized carbons (Fsp3) is 0.462. The molecular weight excluding hydrogens is 251 g/mol. The molecule has 0 unspecified atom stereocenters. The maximum Gasteiger partial charge on any atom is 0.338 e. The second-order valence-corrected chi connectivity index (χ2v) is 4.05. The van der Waals surface area contributed by atoms with Gasteiger partial charge in [0.25, 0.3) is 0 Å². The zero-order valence-electron chi connectivity index (χ0n) is 11.1. The predicted octanol–water partition coefficient (Wildman–Crippen LogP) is 1.83. The van der Waals surface area contributed by atoms with Gasteiger partial charge in [-0.2, -0.15) is 0 Å². The first kappa shape index (κ1) is 15.2. The summed E-state index contributed by atoms with van der Waals surface area (Å²) in [4.78, 5) is 12.9. The lowest BCUT2D eigenvalue weighted by Gasteiger charge is -2.18. The first-order valence-corrected chi connectivity index (χ1v) is 6.17. The fourth-order valence-electron chi connectivity index (χ4n) is 1.69. The number of halogens is 1. The molecule has 1 aromatic rings. The summed E-state index contributed by atoms with van der Waals surface area (Å²) in [5.41, 5.74) is 5.31. The molecule has 0 amide bonds. The number of carboxylic acid groups (broad SMARTS) is 1. The summed E-state index contributed by atoms with van der Waals surface area (Å²) < 4.78 is 18.9. The van der Waals surface area contributed by atoms with Crippen molar-refractivity contribution in [1.29, 1.82) is 0 Å². The van der Waals surface area contributed by atoms with Gasteiger partial charge in [-0.05, 0) is 19.2 Å². The van der Waals surface area contributed by atoms with Gasteiger partial charge in [-0.1, -0.05) is 13.8 Å². The van der Waals surface area contributed by atoms with Gasteiger partial charge < -0.3 is 20.5 Å². The molecule has 0 aliphatic rings. The van der Waals surface area contributed by atoms with Gasteiger partial charge in [0, 0.05) is 12.6 Å². The molecule has 0 saturated heterocycles. The molecule has 0 radical (unpaired) electrons. The van der Waals surface area contributed by atoms with E-state index in [2.05, 4.69) is 4.90 Å². The van der Waals surface area contributed by atoms with Gasteiger partial charge in [0.15, 0.2) is 0 Å². The topological polar surface area (TPSA) is 75.8 Å². The number of likely N-dealkylation sites (N-methyl/N-ethyl adjacent to an activating group) is 1. The normalized spacial score (nSPS) is 10.7. The van der Waals surface area contributed by atoms with Crippen molar-refractivity contribution in [3.8, 4) is 5.75 Å². The van der Waals surface area contributed by atoms with Crippen LogP contribution in [0.3, 0.4) is 0 Å². The van der Waals surface area contributed by atoms with Gasteiger partial charge in [0.05, 0.1) is 11.3 Å². The zero-order chi connectivity index (χ0) is 14.4. The van der Waals surface area contributed by atoms with Crippen molar-refractivity contribution < 1.29 is 19.0 Å². The molecule has 0 bridgehead atoms. The Morgan fingerprint density at radius 1 is 1.42 bits per heavy atom. The molecule has 0 spiro atoms. The molecule has 19 heavy (non-hydrogen) atoms. The number of nitrogen functional groups attached to an aromatic ring is 1. The Kier molecular flexibility index (Phi) is 5.57.